The van der Waals surface area contributed by atoms with Crippen molar-refractivity contribution < 1.29 is 18.0 Å². The molecule has 2 N–H and O–H groups in total. The quantitative estimate of drug-likeness (QED) is 0.265. The summed E-state index contributed by atoms with van der Waals surface area (Å²) in [6.07, 6.45) is 0. The molecule has 7 nitrogen and oxygen atoms in total. The SMILES string of the molecule is Cc1ccc(NS(=O)(=O)c2ccc(NC(=O)c3ccc([C@@H]4SCC(=O)N4Cc4ccccc4)cc3)cc2)c(C)c1. The number of carbonyl (C=O) groups excluding carboxylic acids is 2. The van der Waals surface area contributed by atoms with Gasteiger partial charge in [0.1, 0.15) is 5.37 Å². The zero-order valence-corrected chi connectivity index (χ0v) is 23.8. The van der Waals surface area contributed by atoms with E-state index >= 15 is 0 Å². The number of anilines is 2. The molecule has 0 aromatic heterocycles. The minimum absolute atomic E-state index is 0.0929. The first kappa shape index (κ1) is 27.5. The topological polar surface area (TPSA) is 95.6 Å². The maximum Gasteiger partial charge on any atom is 0.261 e. The number of carbonyl (C=O) groups is 2. The van der Waals surface area contributed by atoms with Crippen molar-refractivity contribution in [2.75, 3.05) is 15.8 Å². The average molecular weight is 572 g/mol. The maximum absolute atomic E-state index is 12.9. The lowest BCUT2D eigenvalue weighted by Gasteiger charge is -2.24. The van der Waals surface area contributed by atoms with Gasteiger partial charge >= 0.3 is 0 Å². The van der Waals surface area contributed by atoms with Crippen LogP contribution in [0.4, 0.5) is 11.4 Å². The number of nitrogens with one attached hydrogen (secondary N) is 2. The second-order valence-electron chi connectivity index (χ2n) is 9.69. The Morgan fingerprint density at radius 3 is 2.30 bits per heavy atom. The number of aryl methyl sites for hydroxylation is 2. The minimum atomic E-state index is -3.78. The molecule has 204 valence electrons. The normalized spacial score (nSPS) is 15.2. The Kier molecular flexibility index (Phi) is 7.95. The highest BCUT2D eigenvalue weighted by Gasteiger charge is 2.32. The third kappa shape index (κ3) is 6.21. The first-order chi connectivity index (χ1) is 19.2. The Labute approximate surface area is 238 Å². The molecule has 1 saturated heterocycles. The fourth-order valence-electron chi connectivity index (χ4n) is 4.53. The Morgan fingerprint density at radius 2 is 1.62 bits per heavy atom. The van der Waals surface area contributed by atoms with Gasteiger partial charge in [0.2, 0.25) is 5.91 Å². The van der Waals surface area contributed by atoms with E-state index in [1.807, 2.05) is 73.3 Å². The molecule has 0 radical (unpaired) electrons. The summed E-state index contributed by atoms with van der Waals surface area (Å²) in [4.78, 5) is 27.4. The highest BCUT2D eigenvalue weighted by atomic mass is 32.2. The third-order valence-electron chi connectivity index (χ3n) is 6.67. The summed E-state index contributed by atoms with van der Waals surface area (Å²) in [7, 11) is -3.78. The molecule has 0 spiro atoms. The number of thioether (sulfide) groups is 1. The average Bonchev–Trinajstić information content (AvgIpc) is 3.31. The van der Waals surface area contributed by atoms with Gasteiger partial charge in [-0.05, 0) is 73.0 Å². The van der Waals surface area contributed by atoms with Gasteiger partial charge in [-0.25, -0.2) is 8.42 Å². The second-order valence-corrected chi connectivity index (χ2v) is 12.4. The van der Waals surface area contributed by atoms with Gasteiger partial charge < -0.3 is 10.2 Å². The van der Waals surface area contributed by atoms with Gasteiger partial charge in [0, 0.05) is 17.8 Å². The molecule has 1 aliphatic rings. The predicted octanol–water partition coefficient (Wildman–Crippen LogP) is 6.13. The summed E-state index contributed by atoms with van der Waals surface area (Å²) in [6, 6.07) is 28.6. The Bertz CT molecular complexity index is 1640. The van der Waals surface area contributed by atoms with Crippen LogP contribution in [0.5, 0.6) is 0 Å². The van der Waals surface area contributed by atoms with Crippen molar-refractivity contribution in [3.8, 4) is 0 Å². The highest BCUT2D eigenvalue weighted by molar-refractivity contribution is 8.00. The number of rotatable bonds is 8. The van der Waals surface area contributed by atoms with E-state index in [0.717, 1.165) is 22.3 Å². The van der Waals surface area contributed by atoms with E-state index in [0.29, 0.717) is 29.2 Å². The molecule has 0 aliphatic carbocycles. The molecule has 1 aliphatic heterocycles. The van der Waals surface area contributed by atoms with Crippen LogP contribution in [0.1, 0.15) is 38.0 Å². The number of benzene rings is 4. The lowest BCUT2D eigenvalue weighted by atomic mass is 10.1. The van der Waals surface area contributed by atoms with Crippen LogP contribution >= 0.6 is 11.8 Å². The molecule has 9 heteroatoms. The molecule has 0 unspecified atom stereocenters. The molecule has 1 fully saturated rings. The van der Waals surface area contributed by atoms with Gasteiger partial charge in [0.15, 0.2) is 0 Å². The smallest absolute Gasteiger partial charge is 0.261 e. The second kappa shape index (κ2) is 11.6. The van der Waals surface area contributed by atoms with Crippen LogP contribution in [0.25, 0.3) is 0 Å². The van der Waals surface area contributed by atoms with Gasteiger partial charge in [0.25, 0.3) is 15.9 Å². The zero-order valence-electron chi connectivity index (χ0n) is 22.1. The Hall–Kier alpha value is -4.08. The molecular formula is C31H29N3O4S2. The summed E-state index contributed by atoms with van der Waals surface area (Å²) in [5.41, 5.74) is 5.36. The van der Waals surface area contributed by atoms with E-state index < -0.39 is 10.0 Å². The molecular weight excluding hydrogens is 542 g/mol. The van der Waals surface area contributed by atoms with Gasteiger partial charge in [-0.1, -0.05) is 60.2 Å². The van der Waals surface area contributed by atoms with E-state index in [9.17, 15) is 18.0 Å². The first-order valence-corrected chi connectivity index (χ1v) is 15.3. The van der Waals surface area contributed by atoms with Gasteiger partial charge in [-0.2, -0.15) is 0 Å². The molecule has 1 atom stereocenters. The van der Waals surface area contributed by atoms with E-state index in [1.165, 1.54) is 12.1 Å². The van der Waals surface area contributed by atoms with Gasteiger partial charge in [0.05, 0.1) is 16.3 Å². The number of amides is 2. The van der Waals surface area contributed by atoms with E-state index in [2.05, 4.69) is 10.0 Å². The summed E-state index contributed by atoms with van der Waals surface area (Å²) in [6.45, 7) is 4.33. The molecule has 4 aromatic carbocycles. The van der Waals surface area contributed by atoms with Crippen LogP contribution in [0.2, 0.25) is 0 Å². The molecule has 5 rings (SSSR count). The van der Waals surface area contributed by atoms with Crippen molar-refractivity contribution in [3.63, 3.8) is 0 Å². The summed E-state index contributed by atoms with van der Waals surface area (Å²) in [5.74, 6) is 0.202. The maximum atomic E-state index is 12.9. The minimum Gasteiger partial charge on any atom is -0.322 e. The lowest BCUT2D eigenvalue weighted by molar-refractivity contribution is -0.128. The number of nitrogens with zero attached hydrogens (tertiary/aromatic N) is 1. The fraction of sp³-hybridized carbons (Fsp3) is 0.161. The lowest BCUT2D eigenvalue weighted by Crippen LogP contribution is -2.27. The summed E-state index contributed by atoms with van der Waals surface area (Å²) in [5, 5.41) is 2.70. The Balaban J connectivity index is 1.23. The van der Waals surface area contributed by atoms with Crippen LogP contribution in [0.3, 0.4) is 0 Å². The van der Waals surface area contributed by atoms with Gasteiger partial charge in [-0.15, -0.1) is 11.8 Å². The van der Waals surface area contributed by atoms with Crippen molar-refractivity contribution in [1.29, 1.82) is 0 Å². The van der Waals surface area contributed by atoms with E-state index in [4.69, 9.17) is 0 Å². The number of sulfonamides is 1. The van der Waals surface area contributed by atoms with E-state index in [-0.39, 0.29) is 22.1 Å². The molecule has 0 saturated carbocycles. The Morgan fingerprint density at radius 1 is 0.925 bits per heavy atom. The molecule has 0 bridgehead atoms. The van der Waals surface area contributed by atoms with Crippen LogP contribution in [0, 0.1) is 13.8 Å². The zero-order chi connectivity index (χ0) is 28.3. The van der Waals surface area contributed by atoms with Crippen LogP contribution in [0.15, 0.2) is 102 Å². The number of hydrogen-bond donors (Lipinski definition) is 2. The largest absolute Gasteiger partial charge is 0.322 e. The van der Waals surface area contributed by atoms with Crippen LogP contribution in [-0.2, 0) is 21.4 Å². The highest BCUT2D eigenvalue weighted by Crippen LogP contribution is 2.39. The van der Waals surface area contributed by atoms with Gasteiger partial charge in [-0.3, -0.25) is 14.3 Å². The van der Waals surface area contributed by atoms with Crippen molar-refractivity contribution >= 4 is 45.0 Å². The standard InChI is InChI=1S/C31H29N3O4S2/c1-21-8-17-28(22(2)18-21)33-40(37,38)27-15-13-26(14-16-27)32-30(36)24-9-11-25(12-10-24)31-34(29(35)20-39-31)19-23-6-4-3-5-7-23/h3-18,31,33H,19-20H2,1-2H3,(H,32,36)/t31-/m0/s1. The van der Waals surface area contributed by atoms with Crippen LogP contribution in [-0.4, -0.2) is 30.9 Å². The van der Waals surface area contributed by atoms with E-state index in [1.54, 1.807) is 42.1 Å². The first-order valence-electron chi connectivity index (χ1n) is 12.8. The molecule has 1 heterocycles. The number of hydrogen-bond acceptors (Lipinski definition) is 5. The third-order valence-corrected chi connectivity index (χ3v) is 9.31. The van der Waals surface area contributed by atoms with Crippen molar-refractivity contribution in [2.45, 2.75) is 30.7 Å². The van der Waals surface area contributed by atoms with Crippen LogP contribution < -0.4 is 10.0 Å². The van der Waals surface area contributed by atoms with Crippen molar-refractivity contribution in [2.24, 2.45) is 0 Å². The predicted molar refractivity (Wildman–Crippen MR) is 160 cm³/mol. The monoisotopic (exact) mass is 571 g/mol. The summed E-state index contributed by atoms with van der Waals surface area (Å²) >= 11 is 1.57. The molecule has 2 amide bonds. The van der Waals surface area contributed by atoms with Crippen molar-refractivity contribution in [3.05, 3.63) is 125 Å². The summed E-state index contributed by atoms with van der Waals surface area (Å²) < 4.78 is 28.3. The molecule has 40 heavy (non-hydrogen) atoms. The van der Waals surface area contributed by atoms with Crippen molar-refractivity contribution in [1.82, 2.24) is 4.90 Å². The molecule has 4 aromatic rings. The fourth-order valence-corrected chi connectivity index (χ4v) is 6.85.